The van der Waals surface area contributed by atoms with Crippen LogP contribution in [0, 0.1) is 0 Å². The number of ketones is 2. The molecule has 3 N–H and O–H groups in total. The monoisotopic (exact) mass is 382 g/mol. The van der Waals surface area contributed by atoms with Crippen LogP contribution < -0.4 is 10.6 Å². The molecule has 0 unspecified atom stereocenters. The number of hydrogen-bond donors (Lipinski definition) is 3. The van der Waals surface area contributed by atoms with Crippen molar-refractivity contribution in [3.05, 3.63) is 27.9 Å². The largest absolute Gasteiger partial charge is 0.464 e. The molecule has 0 radical (unpaired) electrons. The van der Waals surface area contributed by atoms with E-state index in [-0.39, 0.29) is 27.9 Å². The Balaban J connectivity index is 1.87. The molecule has 0 saturated heterocycles. The van der Waals surface area contributed by atoms with Crippen LogP contribution in [0.2, 0.25) is 0 Å². The first-order valence-corrected chi connectivity index (χ1v) is 8.61. The number of methoxy groups -OCH3 is 1. The first kappa shape index (κ1) is 19.7. The molecule has 0 aromatic carbocycles. The lowest BCUT2D eigenvalue weighted by Crippen LogP contribution is -2.35. The third-order valence-electron chi connectivity index (χ3n) is 3.35. The van der Waals surface area contributed by atoms with Crippen molar-refractivity contribution in [2.24, 2.45) is 0 Å². The summed E-state index contributed by atoms with van der Waals surface area (Å²) in [5.41, 5.74) is -0.289. The van der Waals surface area contributed by atoms with Gasteiger partial charge in [0.05, 0.1) is 30.8 Å². The Hall–Kier alpha value is -2.66. The zero-order valence-corrected chi connectivity index (χ0v) is 15.0. The number of ether oxygens (including phenoxy) is 2. The van der Waals surface area contributed by atoms with Crippen LogP contribution in [0.25, 0.3) is 0 Å². The Kier molecular flexibility index (Phi) is 6.92. The van der Waals surface area contributed by atoms with Gasteiger partial charge >= 0.3 is 12.0 Å². The number of fused-ring (bicyclic) bond motifs is 1. The highest BCUT2D eigenvalue weighted by Crippen LogP contribution is 2.29. The minimum Gasteiger partial charge on any atom is -0.464 e. The molecular formula is C15H18N4O6S. The average molecular weight is 382 g/mol. The summed E-state index contributed by atoms with van der Waals surface area (Å²) in [5, 5.41) is 11.1. The number of hydrogen-bond acceptors (Lipinski definition) is 8. The Morgan fingerprint density at radius 3 is 2.77 bits per heavy atom. The Bertz CT molecular complexity index is 757. The quantitative estimate of drug-likeness (QED) is 0.426. The fourth-order valence-corrected chi connectivity index (χ4v) is 2.96. The van der Waals surface area contributed by atoms with Gasteiger partial charge in [-0.25, -0.2) is 9.59 Å². The molecule has 0 fully saturated rings. The maximum atomic E-state index is 12.5. The third-order valence-corrected chi connectivity index (χ3v) is 4.33. The number of allylic oxidation sites excluding steroid dienone is 2. The normalized spacial score (nSPS) is 13.1. The Labute approximate surface area is 153 Å². The molecule has 0 bridgehead atoms. The maximum absolute atomic E-state index is 12.5. The number of aromatic amines is 1. The highest BCUT2D eigenvalue weighted by Gasteiger charge is 2.34. The van der Waals surface area contributed by atoms with Gasteiger partial charge in [-0.05, 0) is 0 Å². The van der Waals surface area contributed by atoms with E-state index in [2.05, 4.69) is 25.6 Å². The molecule has 0 aliphatic heterocycles. The Morgan fingerprint density at radius 2 is 2.08 bits per heavy atom. The number of thioether (sulfide) groups is 1. The molecular weight excluding hydrogens is 364 g/mol. The van der Waals surface area contributed by atoms with Crippen molar-refractivity contribution in [2.45, 2.75) is 0 Å². The molecule has 2 amide bonds. The van der Waals surface area contributed by atoms with Crippen LogP contribution in [-0.4, -0.2) is 73.4 Å². The fourth-order valence-electron chi connectivity index (χ4n) is 2.11. The molecule has 1 aromatic rings. The lowest BCUT2D eigenvalue weighted by atomic mass is 9.99. The molecule has 1 aliphatic rings. The number of Topliss-reactive ketones (excluding diaryl/α,β-unsaturated/α-hetero) is 1. The van der Waals surface area contributed by atoms with Gasteiger partial charge in [-0.2, -0.15) is 5.10 Å². The van der Waals surface area contributed by atoms with Crippen LogP contribution in [0.1, 0.15) is 31.3 Å². The summed E-state index contributed by atoms with van der Waals surface area (Å²) in [7, 11) is 2.69. The number of carbonyl (C=O) groups is 4. The van der Waals surface area contributed by atoms with E-state index in [0.717, 1.165) is 11.8 Å². The zero-order valence-electron chi connectivity index (χ0n) is 14.2. The van der Waals surface area contributed by atoms with Crippen molar-refractivity contribution in [1.29, 1.82) is 0 Å². The molecule has 1 aliphatic carbocycles. The standard InChI is InChI=1S/C15H18N4O6S/c1-16-15(23)17-3-4-25-5-6-26-9-7-8(20)11-10(13(9)21)12(19-18-11)14(22)24-2/h7H,3-6H2,1-2H3,(H,18,19)(H2,16,17,23). The topological polar surface area (TPSA) is 139 Å². The van der Waals surface area contributed by atoms with E-state index in [1.807, 2.05) is 0 Å². The van der Waals surface area contributed by atoms with Gasteiger partial charge in [0.15, 0.2) is 5.69 Å². The summed E-state index contributed by atoms with van der Waals surface area (Å²) in [6.07, 6.45) is 1.20. The van der Waals surface area contributed by atoms with Gasteiger partial charge in [-0.1, -0.05) is 0 Å². The van der Waals surface area contributed by atoms with Crippen molar-refractivity contribution < 1.29 is 28.7 Å². The summed E-state index contributed by atoms with van der Waals surface area (Å²) in [4.78, 5) is 47.5. The Morgan fingerprint density at radius 1 is 1.31 bits per heavy atom. The third kappa shape index (κ3) is 4.49. The molecule has 140 valence electrons. The van der Waals surface area contributed by atoms with Gasteiger partial charge in [-0.15, -0.1) is 11.8 Å². The fraction of sp³-hybridized carbons (Fsp3) is 0.400. The van der Waals surface area contributed by atoms with Gasteiger partial charge in [-0.3, -0.25) is 14.7 Å². The van der Waals surface area contributed by atoms with Crippen LogP contribution >= 0.6 is 11.8 Å². The number of rotatable bonds is 8. The second-order valence-electron chi connectivity index (χ2n) is 4.98. The number of amides is 2. The van der Waals surface area contributed by atoms with E-state index in [1.165, 1.54) is 20.2 Å². The lowest BCUT2D eigenvalue weighted by molar-refractivity contribution is 0.0591. The molecule has 2 rings (SSSR count). The van der Waals surface area contributed by atoms with Crippen molar-refractivity contribution in [3.63, 3.8) is 0 Å². The van der Waals surface area contributed by atoms with Crippen LogP contribution in [-0.2, 0) is 9.47 Å². The van der Waals surface area contributed by atoms with Crippen molar-refractivity contribution in [3.8, 4) is 0 Å². The van der Waals surface area contributed by atoms with Crippen LogP contribution in [0.4, 0.5) is 4.79 Å². The van der Waals surface area contributed by atoms with E-state index in [9.17, 15) is 19.2 Å². The second-order valence-corrected chi connectivity index (χ2v) is 6.12. The minimum atomic E-state index is -0.766. The van der Waals surface area contributed by atoms with Crippen LogP contribution in [0.5, 0.6) is 0 Å². The molecule has 1 aromatic heterocycles. The lowest BCUT2D eigenvalue weighted by Gasteiger charge is -2.11. The SMILES string of the molecule is CNC(=O)NCCOCCSC1=CC(=O)c2n[nH]c(C(=O)OC)c2C1=O. The average Bonchev–Trinajstić information content (AvgIpc) is 3.09. The highest BCUT2D eigenvalue weighted by atomic mass is 32.2. The van der Waals surface area contributed by atoms with Crippen molar-refractivity contribution in [1.82, 2.24) is 20.8 Å². The van der Waals surface area contributed by atoms with E-state index in [0.29, 0.717) is 25.5 Å². The number of urea groups is 1. The minimum absolute atomic E-state index is 0.0671. The predicted molar refractivity (Wildman–Crippen MR) is 92.4 cm³/mol. The van der Waals surface area contributed by atoms with Gasteiger partial charge in [0.25, 0.3) is 0 Å². The molecule has 0 spiro atoms. The van der Waals surface area contributed by atoms with Gasteiger partial charge in [0, 0.05) is 25.4 Å². The molecule has 11 heteroatoms. The molecule has 1 heterocycles. The summed E-state index contributed by atoms with van der Waals surface area (Å²) in [6, 6.07) is -0.295. The number of nitrogens with one attached hydrogen (secondary N) is 3. The van der Waals surface area contributed by atoms with Crippen molar-refractivity contribution in [2.75, 3.05) is 39.7 Å². The number of esters is 1. The van der Waals surface area contributed by atoms with E-state index < -0.39 is 17.5 Å². The first-order chi connectivity index (χ1) is 12.5. The predicted octanol–water partition coefficient (Wildman–Crippen LogP) is 0.138. The summed E-state index contributed by atoms with van der Waals surface area (Å²) in [6.45, 7) is 0.991. The summed E-state index contributed by atoms with van der Waals surface area (Å²) < 4.78 is 9.92. The van der Waals surface area contributed by atoms with E-state index in [1.54, 1.807) is 0 Å². The second kappa shape index (κ2) is 9.15. The number of H-pyrrole nitrogens is 1. The van der Waals surface area contributed by atoms with Gasteiger partial charge in [0.2, 0.25) is 11.6 Å². The molecule has 0 saturated carbocycles. The number of aromatic nitrogens is 2. The van der Waals surface area contributed by atoms with E-state index >= 15 is 0 Å². The van der Waals surface area contributed by atoms with Crippen LogP contribution in [0.15, 0.2) is 11.0 Å². The van der Waals surface area contributed by atoms with Crippen molar-refractivity contribution >= 4 is 35.3 Å². The summed E-state index contributed by atoms with van der Waals surface area (Å²) in [5.74, 6) is -1.26. The van der Waals surface area contributed by atoms with Gasteiger partial charge < -0.3 is 20.1 Å². The smallest absolute Gasteiger partial charge is 0.356 e. The van der Waals surface area contributed by atoms with Gasteiger partial charge in [0.1, 0.15) is 5.69 Å². The molecule has 26 heavy (non-hydrogen) atoms. The number of carbonyl (C=O) groups excluding carboxylic acids is 4. The first-order valence-electron chi connectivity index (χ1n) is 7.63. The zero-order chi connectivity index (χ0) is 19.1. The number of nitrogens with zero attached hydrogens (tertiary/aromatic N) is 1. The highest BCUT2D eigenvalue weighted by molar-refractivity contribution is 8.04. The molecule has 0 atom stereocenters. The van der Waals surface area contributed by atoms with Crippen LogP contribution in [0.3, 0.4) is 0 Å². The summed E-state index contributed by atoms with van der Waals surface area (Å²) >= 11 is 1.15. The van der Waals surface area contributed by atoms with E-state index in [4.69, 9.17) is 4.74 Å². The maximum Gasteiger partial charge on any atom is 0.356 e. The molecule has 10 nitrogen and oxygen atoms in total.